The molecule has 4 heteroatoms. The highest BCUT2D eigenvalue weighted by molar-refractivity contribution is 6.36. The van der Waals surface area contributed by atoms with Crippen LogP contribution in [-0.4, -0.2) is 11.1 Å². The lowest BCUT2D eigenvalue weighted by atomic mass is 9.81. The number of rotatable bonds is 3. The van der Waals surface area contributed by atoms with E-state index in [0.29, 0.717) is 15.6 Å². The first-order valence-electron chi connectivity index (χ1n) is 4.51. The summed E-state index contributed by atoms with van der Waals surface area (Å²) in [4.78, 5) is 10.7. The van der Waals surface area contributed by atoms with E-state index in [1.165, 1.54) is 0 Å². The number of aliphatic carboxylic acids is 1. The molecule has 0 saturated carbocycles. The first-order valence-corrected chi connectivity index (χ1v) is 5.26. The molecule has 0 aliphatic carbocycles. The van der Waals surface area contributed by atoms with Crippen LogP contribution in [0.5, 0.6) is 0 Å². The molecule has 0 aromatic heterocycles. The van der Waals surface area contributed by atoms with Gasteiger partial charge in [-0.3, -0.25) is 4.79 Å². The Hall–Kier alpha value is -0.730. The smallest absolute Gasteiger partial charge is 0.304 e. The Labute approximate surface area is 98.8 Å². The van der Waals surface area contributed by atoms with E-state index in [1.807, 2.05) is 13.8 Å². The molecule has 15 heavy (non-hydrogen) atoms. The van der Waals surface area contributed by atoms with Gasteiger partial charge in [0.25, 0.3) is 0 Å². The fraction of sp³-hybridized carbons (Fsp3) is 0.364. The molecule has 0 spiro atoms. The zero-order valence-corrected chi connectivity index (χ0v) is 10.1. The van der Waals surface area contributed by atoms with Crippen molar-refractivity contribution >= 4 is 29.2 Å². The van der Waals surface area contributed by atoms with Gasteiger partial charge in [-0.1, -0.05) is 43.1 Å². The van der Waals surface area contributed by atoms with Crippen molar-refractivity contribution in [3.05, 3.63) is 33.8 Å². The molecule has 1 aromatic carbocycles. The van der Waals surface area contributed by atoms with Crippen LogP contribution < -0.4 is 0 Å². The van der Waals surface area contributed by atoms with E-state index in [-0.39, 0.29) is 6.42 Å². The lowest BCUT2D eigenvalue weighted by Crippen LogP contribution is -2.22. The Morgan fingerprint density at radius 2 is 1.80 bits per heavy atom. The maximum atomic E-state index is 10.7. The van der Waals surface area contributed by atoms with Crippen molar-refractivity contribution in [3.8, 4) is 0 Å². The molecule has 0 bridgehead atoms. The van der Waals surface area contributed by atoms with Gasteiger partial charge in [-0.2, -0.15) is 0 Å². The highest BCUT2D eigenvalue weighted by Crippen LogP contribution is 2.37. The Morgan fingerprint density at radius 1 is 1.33 bits per heavy atom. The zero-order valence-electron chi connectivity index (χ0n) is 8.55. The molecular weight excluding hydrogens is 235 g/mol. The molecule has 0 fully saturated rings. The van der Waals surface area contributed by atoms with Crippen LogP contribution in [0.15, 0.2) is 18.2 Å². The third kappa shape index (κ3) is 2.86. The van der Waals surface area contributed by atoms with Gasteiger partial charge < -0.3 is 5.11 Å². The van der Waals surface area contributed by atoms with Gasteiger partial charge in [0.2, 0.25) is 0 Å². The predicted octanol–water partition coefficient (Wildman–Crippen LogP) is 3.75. The molecule has 0 saturated heterocycles. The maximum Gasteiger partial charge on any atom is 0.304 e. The van der Waals surface area contributed by atoms with Crippen molar-refractivity contribution in [2.45, 2.75) is 25.7 Å². The van der Waals surface area contributed by atoms with Crippen LogP contribution in [0.25, 0.3) is 0 Å². The summed E-state index contributed by atoms with van der Waals surface area (Å²) in [5.74, 6) is -0.865. The largest absolute Gasteiger partial charge is 0.481 e. The van der Waals surface area contributed by atoms with Crippen molar-refractivity contribution in [2.24, 2.45) is 0 Å². The molecule has 0 aliphatic rings. The summed E-state index contributed by atoms with van der Waals surface area (Å²) in [5.41, 5.74) is 0.122. The Bertz CT molecular complexity index is 366. The van der Waals surface area contributed by atoms with Crippen LogP contribution in [0.2, 0.25) is 10.0 Å². The van der Waals surface area contributed by atoms with Crippen molar-refractivity contribution in [2.75, 3.05) is 0 Å². The Balaban J connectivity index is 3.19. The monoisotopic (exact) mass is 246 g/mol. The fourth-order valence-corrected chi connectivity index (χ4v) is 2.52. The third-order valence-electron chi connectivity index (χ3n) is 2.23. The van der Waals surface area contributed by atoms with Gasteiger partial charge >= 0.3 is 5.97 Å². The number of halogens is 2. The normalized spacial score (nSPS) is 11.5. The number of hydrogen-bond acceptors (Lipinski definition) is 1. The van der Waals surface area contributed by atoms with Gasteiger partial charge in [-0.05, 0) is 17.7 Å². The van der Waals surface area contributed by atoms with Crippen LogP contribution >= 0.6 is 23.2 Å². The van der Waals surface area contributed by atoms with Crippen LogP contribution in [0.3, 0.4) is 0 Å². The summed E-state index contributed by atoms with van der Waals surface area (Å²) in [6, 6.07) is 5.17. The number of hydrogen-bond donors (Lipinski definition) is 1. The van der Waals surface area contributed by atoms with Crippen molar-refractivity contribution in [1.29, 1.82) is 0 Å². The van der Waals surface area contributed by atoms with Crippen LogP contribution in [0.4, 0.5) is 0 Å². The summed E-state index contributed by atoms with van der Waals surface area (Å²) in [7, 11) is 0. The molecule has 82 valence electrons. The minimum atomic E-state index is -0.865. The zero-order chi connectivity index (χ0) is 11.6. The SMILES string of the molecule is CC(C)(CC(=O)O)c1c(Cl)cccc1Cl. The van der Waals surface area contributed by atoms with E-state index in [0.717, 1.165) is 0 Å². The summed E-state index contributed by atoms with van der Waals surface area (Å²) in [6.45, 7) is 3.63. The van der Waals surface area contributed by atoms with Gasteiger partial charge in [-0.25, -0.2) is 0 Å². The molecule has 0 radical (unpaired) electrons. The minimum absolute atomic E-state index is 0.00352. The predicted molar refractivity (Wildman–Crippen MR) is 61.7 cm³/mol. The maximum absolute atomic E-state index is 10.7. The average molecular weight is 247 g/mol. The molecular formula is C11H12Cl2O2. The summed E-state index contributed by atoms with van der Waals surface area (Å²) in [5, 5.41) is 9.82. The van der Waals surface area contributed by atoms with Crippen molar-refractivity contribution < 1.29 is 9.90 Å². The summed E-state index contributed by atoms with van der Waals surface area (Å²) >= 11 is 12.0. The molecule has 0 unspecified atom stereocenters. The topological polar surface area (TPSA) is 37.3 Å². The van der Waals surface area contributed by atoms with Crippen LogP contribution in [0, 0.1) is 0 Å². The number of carboxylic acid groups (broad SMARTS) is 1. The summed E-state index contributed by atoms with van der Waals surface area (Å²) < 4.78 is 0. The van der Waals surface area contributed by atoms with E-state index in [9.17, 15) is 4.79 Å². The molecule has 1 rings (SSSR count). The first-order chi connectivity index (χ1) is 6.84. The molecule has 0 heterocycles. The van der Waals surface area contributed by atoms with Crippen LogP contribution in [-0.2, 0) is 10.2 Å². The standard InChI is InChI=1S/C11H12Cl2O2/c1-11(2,6-9(14)15)10-7(12)4-3-5-8(10)13/h3-5H,6H2,1-2H3,(H,14,15). The van der Waals surface area contributed by atoms with Gasteiger partial charge in [-0.15, -0.1) is 0 Å². The lowest BCUT2D eigenvalue weighted by Gasteiger charge is -2.25. The minimum Gasteiger partial charge on any atom is -0.481 e. The van der Waals surface area contributed by atoms with E-state index < -0.39 is 11.4 Å². The third-order valence-corrected chi connectivity index (χ3v) is 2.86. The average Bonchev–Trinajstić information content (AvgIpc) is 1.99. The first kappa shape index (κ1) is 12.3. The second-order valence-electron chi connectivity index (χ2n) is 4.05. The molecule has 0 amide bonds. The number of carboxylic acids is 1. The fourth-order valence-electron chi connectivity index (χ4n) is 1.61. The van der Waals surface area contributed by atoms with Gasteiger partial charge in [0.1, 0.15) is 0 Å². The highest BCUT2D eigenvalue weighted by atomic mass is 35.5. The van der Waals surface area contributed by atoms with Gasteiger partial charge in [0, 0.05) is 15.5 Å². The van der Waals surface area contributed by atoms with Crippen molar-refractivity contribution in [1.82, 2.24) is 0 Å². The Kier molecular flexibility index (Phi) is 3.63. The van der Waals surface area contributed by atoms with Gasteiger partial charge in [0.05, 0.1) is 6.42 Å². The molecule has 1 aromatic rings. The van der Waals surface area contributed by atoms with E-state index in [4.69, 9.17) is 28.3 Å². The molecule has 0 atom stereocenters. The van der Waals surface area contributed by atoms with E-state index in [1.54, 1.807) is 18.2 Å². The second kappa shape index (κ2) is 4.42. The summed E-state index contributed by atoms with van der Waals surface area (Å²) in [6.07, 6.45) is -0.00352. The van der Waals surface area contributed by atoms with Crippen LogP contribution in [0.1, 0.15) is 25.8 Å². The van der Waals surface area contributed by atoms with E-state index >= 15 is 0 Å². The number of carbonyl (C=O) groups is 1. The van der Waals surface area contributed by atoms with E-state index in [2.05, 4.69) is 0 Å². The van der Waals surface area contributed by atoms with Gasteiger partial charge in [0.15, 0.2) is 0 Å². The Morgan fingerprint density at radius 3 is 2.20 bits per heavy atom. The quantitative estimate of drug-likeness (QED) is 0.883. The van der Waals surface area contributed by atoms with Crippen molar-refractivity contribution in [3.63, 3.8) is 0 Å². The molecule has 0 aliphatic heterocycles. The molecule has 1 N–H and O–H groups in total. The second-order valence-corrected chi connectivity index (χ2v) is 4.87. The lowest BCUT2D eigenvalue weighted by molar-refractivity contribution is -0.138. The highest BCUT2D eigenvalue weighted by Gasteiger charge is 2.28. The molecule has 2 nitrogen and oxygen atoms in total. The number of benzene rings is 1.